The summed E-state index contributed by atoms with van der Waals surface area (Å²) >= 11 is 11.9. The molecule has 2 unspecified atom stereocenters. The van der Waals surface area contributed by atoms with Crippen molar-refractivity contribution >= 4 is 23.2 Å². The summed E-state index contributed by atoms with van der Waals surface area (Å²) in [6.07, 6.45) is 4.22. The standard InChI is InChI=1S/C8H16Cl2/c1-3-5-8(10)6-7(9)4-2/h7-8H,3-6H2,1-2H3. The fraction of sp³-hybridized carbons (Fsp3) is 1.00. The van der Waals surface area contributed by atoms with Gasteiger partial charge in [0.1, 0.15) is 0 Å². The van der Waals surface area contributed by atoms with Gasteiger partial charge in [-0.05, 0) is 19.3 Å². The molecule has 0 spiro atoms. The van der Waals surface area contributed by atoms with E-state index in [1.807, 2.05) is 0 Å². The third-order valence-corrected chi connectivity index (χ3v) is 2.44. The Kier molecular flexibility index (Phi) is 6.67. The third kappa shape index (κ3) is 5.37. The lowest BCUT2D eigenvalue weighted by atomic mass is 10.1. The molecule has 2 atom stereocenters. The van der Waals surface area contributed by atoms with E-state index in [2.05, 4.69) is 13.8 Å². The smallest absolute Gasteiger partial charge is 0.0350 e. The first-order valence-corrected chi connectivity index (χ1v) is 4.86. The summed E-state index contributed by atoms with van der Waals surface area (Å²) in [5, 5.41) is 0.557. The summed E-state index contributed by atoms with van der Waals surface area (Å²) in [6, 6.07) is 0. The molecule has 0 aromatic rings. The lowest BCUT2D eigenvalue weighted by Crippen LogP contribution is -2.06. The SMILES string of the molecule is CCCC(Cl)CC(Cl)CC. The molecule has 0 fully saturated rings. The monoisotopic (exact) mass is 182 g/mol. The highest BCUT2D eigenvalue weighted by Crippen LogP contribution is 2.17. The topological polar surface area (TPSA) is 0 Å². The van der Waals surface area contributed by atoms with Gasteiger partial charge in [0, 0.05) is 10.8 Å². The van der Waals surface area contributed by atoms with Crippen LogP contribution in [0.15, 0.2) is 0 Å². The van der Waals surface area contributed by atoms with Crippen molar-refractivity contribution in [1.29, 1.82) is 0 Å². The van der Waals surface area contributed by atoms with Gasteiger partial charge in [0.25, 0.3) is 0 Å². The summed E-state index contributed by atoms with van der Waals surface area (Å²) in [4.78, 5) is 0. The predicted octanol–water partition coefficient (Wildman–Crippen LogP) is 3.80. The molecule has 0 aromatic heterocycles. The summed E-state index contributed by atoms with van der Waals surface area (Å²) in [5.74, 6) is 0. The number of halogens is 2. The highest BCUT2D eigenvalue weighted by atomic mass is 35.5. The maximum Gasteiger partial charge on any atom is 0.0350 e. The van der Waals surface area contributed by atoms with Gasteiger partial charge in [-0.1, -0.05) is 20.3 Å². The van der Waals surface area contributed by atoms with Crippen molar-refractivity contribution in [2.24, 2.45) is 0 Å². The molecule has 0 saturated heterocycles. The molecule has 0 amide bonds. The van der Waals surface area contributed by atoms with Crippen LogP contribution in [0.1, 0.15) is 39.5 Å². The van der Waals surface area contributed by atoms with Crippen LogP contribution in [0.2, 0.25) is 0 Å². The van der Waals surface area contributed by atoms with Gasteiger partial charge in [-0.25, -0.2) is 0 Å². The van der Waals surface area contributed by atoms with Gasteiger partial charge in [0.05, 0.1) is 0 Å². The van der Waals surface area contributed by atoms with E-state index < -0.39 is 0 Å². The number of rotatable bonds is 5. The molecule has 0 bridgehead atoms. The molecule has 62 valence electrons. The van der Waals surface area contributed by atoms with Crippen LogP contribution in [0.4, 0.5) is 0 Å². The zero-order valence-electron chi connectivity index (χ0n) is 6.74. The average molecular weight is 183 g/mol. The van der Waals surface area contributed by atoms with Gasteiger partial charge in [-0.15, -0.1) is 23.2 Å². The van der Waals surface area contributed by atoms with Crippen molar-refractivity contribution in [1.82, 2.24) is 0 Å². The molecule has 2 heteroatoms. The molecule has 0 radical (unpaired) electrons. The Hall–Kier alpha value is 0.580. The van der Waals surface area contributed by atoms with Gasteiger partial charge in [-0.3, -0.25) is 0 Å². The van der Waals surface area contributed by atoms with E-state index in [1.165, 1.54) is 0 Å². The number of hydrogen-bond acceptors (Lipinski definition) is 0. The lowest BCUT2D eigenvalue weighted by molar-refractivity contribution is 0.638. The van der Waals surface area contributed by atoms with Crippen LogP contribution in [-0.2, 0) is 0 Å². The molecule has 0 aliphatic carbocycles. The highest BCUT2D eigenvalue weighted by molar-refractivity contribution is 6.23. The van der Waals surface area contributed by atoms with Gasteiger partial charge in [0.15, 0.2) is 0 Å². The van der Waals surface area contributed by atoms with Crippen LogP contribution in [0.25, 0.3) is 0 Å². The van der Waals surface area contributed by atoms with Crippen molar-refractivity contribution in [2.75, 3.05) is 0 Å². The molecule has 0 nitrogen and oxygen atoms in total. The van der Waals surface area contributed by atoms with Crippen LogP contribution >= 0.6 is 23.2 Å². The Balaban J connectivity index is 3.27. The van der Waals surface area contributed by atoms with Crippen LogP contribution < -0.4 is 0 Å². The zero-order chi connectivity index (χ0) is 7.98. The van der Waals surface area contributed by atoms with Gasteiger partial charge in [0.2, 0.25) is 0 Å². The zero-order valence-corrected chi connectivity index (χ0v) is 8.25. The van der Waals surface area contributed by atoms with Crippen molar-refractivity contribution in [3.63, 3.8) is 0 Å². The fourth-order valence-corrected chi connectivity index (χ4v) is 1.61. The van der Waals surface area contributed by atoms with E-state index >= 15 is 0 Å². The van der Waals surface area contributed by atoms with Gasteiger partial charge >= 0.3 is 0 Å². The first kappa shape index (κ1) is 10.6. The fourth-order valence-electron chi connectivity index (χ4n) is 0.875. The average Bonchev–Trinajstić information content (AvgIpc) is 1.88. The normalized spacial score (nSPS) is 16.8. The van der Waals surface area contributed by atoms with E-state index in [0.29, 0.717) is 0 Å². The van der Waals surface area contributed by atoms with Crippen molar-refractivity contribution < 1.29 is 0 Å². The Morgan fingerprint density at radius 1 is 1.10 bits per heavy atom. The summed E-state index contributed by atoms with van der Waals surface area (Å²) in [6.45, 7) is 4.23. The minimum atomic E-state index is 0.272. The van der Waals surface area contributed by atoms with Gasteiger partial charge in [-0.2, -0.15) is 0 Å². The molecule has 0 aliphatic rings. The van der Waals surface area contributed by atoms with E-state index in [-0.39, 0.29) is 10.8 Å². The molecule has 0 aromatic carbocycles. The molecule has 0 rings (SSSR count). The second kappa shape index (κ2) is 6.30. The van der Waals surface area contributed by atoms with E-state index in [9.17, 15) is 0 Å². The first-order valence-electron chi connectivity index (χ1n) is 3.98. The van der Waals surface area contributed by atoms with E-state index in [0.717, 1.165) is 25.7 Å². The van der Waals surface area contributed by atoms with Crippen LogP contribution in [0, 0.1) is 0 Å². The Bertz CT molecular complexity index is 73.7. The Morgan fingerprint density at radius 2 is 1.70 bits per heavy atom. The van der Waals surface area contributed by atoms with Crippen molar-refractivity contribution in [2.45, 2.75) is 50.3 Å². The second-order valence-corrected chi connectivity index (χ2v) is 3.86. The number of alkyl halides is 2. The summed E-state index contributed by atoms with van der Waals surface area (Å²) < 4.78 is 0. The Labute approximate surface area is 73.9 Å². The molecule has 0 N–H and O–H groups in total. The third-order valence-electron chi connectivity index (χ3n) is 1.56. The van der Waals surface area contributed by atoms with E-state index in [4.69, 9.17) is 23.2 Å². The maximum absolute atomic E-state index is 5.97. The largest absolute Gasteiger partial charge is 0.123 e. The maximum atomic E-state index is 5.97. The first-order chi connectivity index (χ1) is 4.70. The lowest BCUT2D eigenvalue weighted by Gasteiger charge is -2.10. The van der Waals surface area contributed by atoms with E-state index in [1.54, 1.807) is 0 Å². The molecule has 0 heterocycles. The second-order valence-electron chi connectivity index (χ2n) is 2.63. The predicted molar refractivity (Wildman–Crippen MR) is 49.1 cm³/mol. The highest BCUT2D eigenvalue weighted by Gasteiger charge is 2.08. The summed E-state index contributed by atoms with van der Waals surface area (Å²) in [5.41, 5.74) is 0. The Morgan fingerprint density at radius 3 is 2.10 bits per heavy atom. The molecule has 10 heavy (non-hydrogen) atoms. The quantitative estimate of drug-likeness (QED) is 0.568. The molecular formula is C8H16Cl2. The van der Waals surface area contributed by atoms with Crippen LogP contribution in [0.3, 0.4) is 0 Å². The number of hydrogen-bond donors (Lipinski definition) is 0. The van der Waals surface area contributed by atoms with Crippen molar-refractivity contribution in [3.05, 3.63) is 0 Å². The minimum absolute atomic E-state index is 0.272. The molecular weight excluding hydrogens is 167 g/mol. The van der Waals surface area contributed by atoms with Gasteiger partial charge < -0.3 is 0 Å². The minimum Gasteiger partial charge on any atom is -0.123 e. The van der Waals surface area contributed by atoms with Crippen molar-refractivity contribution in [3.8, 4) is 0 Å². The summed E-state index contributed by atoms with van der Waals surface area (Å²) in [7, 11) is 0. The van der Waals surface area contributed by atoms with Crippen LogP contribution in [0.5, 0.6) is 0 Å². The molecule has 0 saturated carbocycles. The van der Waals surface area contributed by atoms with Crippen LogP contribution in [-0.4, -0.2) is 10.8 Å². The molecule has 0 aliphatic heterocycles.